The van der Waals surface area contributed by atoms with Gasteiger partial charge >= 0.3 is 0 Å². The third-order valence-electron chi connectivity index (χ3n) is 4.70. The Morgan fingerprint density at radius 1 is 1.19 bits per heavy atom. The summed E-state index contributed by atoms with van der Waals surface area (Å²) >= 11 is 0. The van der Waals surface area contributed by atoms with Crippen molar-refractivity contribution >= 4 is 41.9 Å². The molecule has 1 aromatic carbocycles. The second-order valence-corrected chi connectivity index (χ2v) is 6.54. The maximum atomic E-state index is 12.5. The number of aryl methyl sites for hydroxylation is 2. The molecule has 2 N–H and O–H groups in total. The number of carbonyl (C=O) groups is 1. The molecule has 1 saturated heterocycles. The molecule has 8 heteroatoms. The third kappa shape index (κ3) is 4.58. The highest BCUT2D eigenvalue weighted by molar-refractivity contribution is 5.96. The maximum Gasteiger partial charge on any atom is 0.255 e. The Bertz CT molecular complexity index is 900. The van der Waals surface area contributed by atoms with E-state index in [1.54, 1.807) is 17.4 Å². The zero-order chi connectivity index (χ0) is 17.2. The van der Waals surface area contributed by atoms with Gasteiger partial charge in [-0.25, -0.2) is 9.97 Å². The standard InChI is InChI=1S/C19H21N5O.2ClH/c20-16-7-9-23(12-16)19(25)15-10-17-18(21-11-15)24(13-22-17)8-6-14-4-2-1-3-5-14;;/h1-5,10-11,13,16H,6-9,12,20H2;2*1H. The van der Waals surface area contributed by atoms with E-state index >= 15 is 0 Å². The summed E-state index contributed by atoms with van der Waals surface area (Å²) in [6, 6.07) is 12.2. The van der Waals surface area contributed by atoms with Gasteiger partial charge in [-0.3, -0.25) is 4.79 Å². The normalized spacial score (nSPS) is 16.0. The number of aromatic nitrogens is 3. The van der Waals surface area contributed by atoms with Crippen molar-refractivity contribution in [1.82, 2.24) is 19.4 Å². The molecule has 1 fully saturated rings. The molecule has 1 aliphatic heterocycles. The zero-order valence-corrected chi connectivity index (χ0v) is 16.5. The van der Waals surface area contributed by atoms with Crippen molar-refractivity contribution in [3.05, 3.63) is 60.0 Å². The number of carbonyl (C=O) groups excluding carboxylic acids is 1. The minimum atomic E-state index is -0.0128. The van der Waals surface area contributed by atoms with E-state index in [2.05, 4.69) is 22.1 Å². The van der Waals surface area contributed by atoms with Gasteiger partial charge in [0, 0.05) is 31.9 Å². The fourth-order valence-electron chi connectivity index (χ4n) is 3.28. The Labute approximate surface area is 170 Å². The summed E-state index contributed by atoms with van der Waals surface area (Å²) < 4.78 is 2.03. The highest BCUT2D eigenvalue weighted by atomic mass is 35.5. The summed E-state index contributed by atoms with van der Waals surface area (Å²) in [5, 5.41) is 0. The number of imidazole rings is 1. The van der Waals surface area contributed by atoms with Crippen molar-refractivity contribution in [2.24, 2.45) is 5.73 Å². The van der Waals surface area contributed by atoms with Gasteiger partial charge < -0.3 is 15.2 Å². The Morgan fingerprint density at radius 3 is 2.67 bits per heavy atom. The Balaban J connectivity index is 0.00000131. The lowest BCUT2D eigenvalue weighted by molar-refractivity contribution is 0.0790. The first-order chi connectivity index (χ1) is 12.2. The molecule has 0 saturated carbocycles. The van der Waals surface area contributed by atoms with Crippen LogP contribution in [-0.2, 0) is 13.0 Å². The smallest absolute Gasteiger partial charge is 0.255 e. The van der Waals surface area contributed by atoms with E-state index < -0.39 is 0 Å². The fourth-order valence-corrected chi connectivity index (χ4v) is 3.28. The first-order valence-corrected chi connectivity index (χ1v) is 8.60. The number of hydrogen-bond donors (Lipinski definition) is 1. The van der Waals surface area contributed by atoms with Gasteiger partial charge in [-0.15, -0.1) is 24.8 Å². The number of benzene rings is 1. The molecule has 3 aromatic rings. The number of fused-ring (bicyclic) bond motifs is 1. The SMILES string of the molecule is Cl.Cl.NC1CCN(C(=O)c2cnc3c(c2)ncn3CCc2ccccc2)C1. The number of likely N-dealkylation sites (tertiary alicyclic amines) is 1. The van der Waals surface area contributed by atoms with Gasteiger partial charge in [0.15, 0.2) is 5.65 Å². The average molecular weight is 408 g/mol. The molecule has 4 rings (SSSR count). The Hall–Kier alpha value is -2.15. The molecule has 144 valence electrons. The molecule has 1 atom stereocenters. The highest BCUT2D eigenvalue weighted by Gasteiger charge is 2.25. The van der Waals surface area contributed by atoms with E-state index in [0.29, 0.717) is 18.7 Å². The molecule has 0 bridgehead atoms. The predicted octanol–water partition coefficient (Wildman–Crippen LogP) is 2.69. The van der Waals surface area contributed by atoms with Crippen molar-refractivity contribution in [3.8, 4) is 0 Å². The molecule has 2 aromatic heterocycles. The monoisotopic (exact) mass is 407 g/mol. The second-order valence-electron chi connectivity index (χ2n) is 6.54. The fraction of sp³-hybridized carbons (Fsp3) is 0.316. The lowest BCUT2D eigenvalue weighted by atomic mass is 10.1. The molecular weight excluding hydrogens is 385 g/mol. The molecule has 1 unspecified atom stereocenters. The number of nitrogens with zero attached hydrogens (tertiary/aromatic N) is 4. The Morgan fingerprint density at radius 2 is 1.96 bits per heavy atom. The van der Waals surface area contributed by atoms with Crippen LogP contribution in [0.5, 0.6) is 0 Å². The van der Waals surface area contributed by atoms with Crippen LogP contribution in [0.1, 0.15) is 22.3 Å². The van der Waals surface area contributed by atoms with Gasteiger partial charge in [0.1, 0.15) is 5.52 Å². The van der Waals surface area contributed by atoms with Crippen LogP contribution in [-0.4, -0.2) is 44.5 Å². The molecule has 1 amide bonds. The van der Waals surface area contributed by atoms with Gasteiger partial charge in [0.2, 0.25) is 0 Å². The summed E-state index contributed by atoms with van der Waals surface area (Å²) in [7, 11) is 0. The molecule has 6 nitrogen and oxygen atoms in total. The van der Waals surface area contributed by atoms with Crippen molar-refractivity contribution in [1.29, 1.82) is 0 Å². The first kappa shape index (κ1) is 21.2. The maximum absolute atomic E-state index is 12.5. The van der Waals surface area contributed by atoms with Crippen LogP contribution < -0.4 is 5.73 Å². The number of amides is 1. The summed E-state index contributed by atoms with van der Waals surface area (Å²) in [6.45, 7) is 2.13. The molecular formula is C19H23Cl2N5O. The predicted molar refractivity (Wildman–Crippen MR) is 111 cm³/mol. The number of nitrogens with two attached hydrogens (primary N) is 1. The quantitative estimate of drug-likeness (QED) is 0.720. The molecule has 0 aliphatic carbocycles. The van der Waals surface area contributed by atoms with Gasteiger partial charge in [-0.1, -0.05) is 30.3 Å². The number of hydrogen-bond acceptors (Lipinski definition) is 4. The van der Waals surface area contributed by atoms with E-state index in [1.807, 2.05) is 28.8 Å². The topological polar surface area (TPSA) is 77.0 Å². The van der Waals surface area contributed by atoms with E-state index in [4.69, 9.17) is 5.73 Å². The first-order valence-electron chi connectivity index (χ1n) is 8.60. The van der Waals surface area contributed by atoms with Gasteiger partial charge in [-0.2, -0.15) is 0 Å². The van der Waals surface area contributed by atoms with Crippen LogP contribution in [0, 0.1) is 0 Å². The number of rotatable bonds is 4. The van der Waals surface area contributed by atoms with Crippen LogP contribution in [0.4, 0.5) is 0 Å². The minimum absolute atomic E-state index is 0. The highest BCUT2D eigenvalue weighted by Crippen LogP contribution is 2.17. The van der Waals surface area contributed by atoms with Crippen molar-refractivity contribution in [3.63, 3.8) is 0 Å². The van der Waals surface area contributed by atoms with Crippen LogP contribution >= 0.6 is 24.8 Å². The lowest BCUT2D eigenvalue weighted by Gasteiger charge is -2.15. The zero-order valence-electron chi connectivity index (χ0n) is 14.8. The van der Waals surface area contributed by atoms with Gasteiger partial charge in [0.05, 0.1) is 11.9 Å². The van der Waals surface area contributed by atoms with Crippen molar-refractivity contribution < 1.29 is 4.79 Å². The molecule has 27 heavy (non-hydrogen) atoms. The van der Waals surface area contributed by atoms with Crippen molar-refractivity contribution in [2.75, 3.05) is 13.1 Å². The summed E-state index contributed by atoms with van der Waals surface area (Å²) in [6.07, 6.45) is 5.21. The number of halogens is 2. The van der Waals surface area contributed by atoms with E-state index in [-0.39, 0.29) is 36.8 Å². The second kappa shape index (κ2) is 9.17. The minimum Gasteiger partial charge on any atom is -0.337 e. The summed E-state index contributed by atoms with van der Waals surface area (Å²) in [5.41, 5.74) is 9.31. The Kier molecular flexibility index (Phi) is 7.18. The van der Waals surface area contributed by atoms with Gasteiger partial charge in [-0.05, 0) is 24.5 Å². The largest absolute Gasteiger partial charge is 0.337 e. The lowest BCUT2D eigenvalue weighted by Crippen LogP contribution is -2.31. The average Bonchev–Trinajstić information content (AvgIpc) is 3.26. The van der Waals surface area contributed by atoms with Crippen LogP contribution in [0.15, 0.2) is 48.9 Å². The van der Waals surface area contributed by atoms with Crippen LogP contribution in [0.25, 0.3) is 11.2 Å². The summed E-state index contributed by atoms with van der Waals surface area (Å²) in [4.78, 5) is 23.2. The van der Waals surface area contributed by atoms with E-state index in [1.165, 1.54) is 5.56 Å². The molecule has 0 spiro atoms. The number of pyridine rings is 1. The van der Waals surface area contributed by atoms with E-state index in [9.17, 15) is 4.79 Å². The molecule has 3 heterocycles. The van der Waals surface area contributed by atoms with Gasteiger partial charge in [0.25, 0.3) is 5.91 Å². The third-order valence-corrected chi connectivity index (χ3v) is 4.70. The van der Waals surface area contributed by atoms with Crippen LogP contribution in [0.2, 0.25) is 0 Å². The molecule has 1 aliphatic rings. The summed E-state index contributed by atoms with van der Waals surface area (Å²) in [5.74, 6) is -0.0128. The molecule has 0 radical (unpaired) electrons. The van der Waals surface area contributed by atoms with Crippen LogP contribution in [0.3, 0.4) is 0 Å². The van der Waals surface area contributed by atoms with E-state index in [0.717, 1.165) is 30.6 Å². The van der Waals surface area contributed by atoms with Crippen molar-refractivity contribution in [2.45, 2.75) is 25.4 Å².